The SMILES string of the molecule is CCC1CCCC(C(NC)c2cnn3ccncc23)C1. The summed E-state index contributed by atoms with van der Waals surface area (Å²) in [6.07, 6.45) is 14.4. The molecule has 0 aliphatic heterocycles. The fourth-order valence-electron chi connectivity index (χ4n) is 3.74. The number of hydrogen-bond acceptors (Lipinski definition) is 3. The van der Waals surface area contributed by atoms with Gasteiger partial charge in [-0.25, -0.2) is 4.52 Å². The molecule has 1 N–H and O–H groups in total. The molecule has 0 saturated heterocycles. The number of nitrogens with zero attached hydrogens (tertiary/aromatic N) is 3. The highest BCUT2D eigenvalue weighted by molar-refractivity contribution is 5.53. The predicted molar refractivity (Wildman–Crippen MR) is 80.5 cm³/mol. The van der Waals surface area contributed by atoms with Crippen molar-refractivity contribution in [2.24, 2.45) is 11.8 Å². The molecule has 1 aliphatic carbocycles. The first-order valence-electron chi connectivity index (χ1n) is 7.78. The molecular formula is C16H24N4. The Kier molecular flexibility index (Phi) is 4.01. The average molecular weight is 272 g/mol. The van der Waals surface area contributed by atoms with Crippen molar-refractivity contribution in [1.82, 2.24) is 19.9 Å². The van der Waals surface area contributed by atoms with Gasteiger partial charge in [0.15, 0.2) is 0 Å². The largest absolute Gasteiger partial charge is 0.313 e. The van der Waals surface area contributed by atoms with E-state index >= 15 is 0 Å². The Morgan fingerprint density at radius 3 is 3.10 bits per heavy atom. The van der Waals surface area contributed by atoms with E-state index in [1.165, 1.54) is 37.7 Å². The fourth-order valence-corrected chi connectivity index (χ4v) is 3.74. The summed E-state index contributed by atoms with van der Waals surface area (Å²) >= 11 is 0. The second-order valence-electron chi connectivity index (χ2n) is 5.97. The maximum absolute atomic E-state index is 4.46. The van der Waals surface area contributed by atoms with Gasteiger partial charge < -0.3 is 5.32 Å². The molecule has 3 rings (SSSR count). The van der Waals surface area contributed by atoms with Crippen LogP contribution in [0.1, 0.15) is 50.6 Å². The minimum atomic E-state index is 0.394. The Morgan fingerprint density at radius 2 is 2.30 bits per heavy atom. The Bertz CT molecular complexity index is 562. The fraction of sp³-hybridized carbons (Fsp3) is 0.625. The molecule has 2 heterocycles. The lowest BCUT2D eigenvalue weighted by molar-refractivity contribution is 0.215. The molecule has 0 aromatic carbocycles. The summed E-state index contributed by atoms with van der Waals surface area (Å²) in [6, 6.07) is 0.394. The summed E-state index contributed by atoms with van der Waals surface area (Å²) in [5.74, 6) is 1.61. The van der Waals surface area contributed by atoms with Gasteiger partial charge in [-0.1, -0.05) is 26.2 Å². The molecule has 0 spiro atoms. The lowest BCUT2D eigenvalue weighted by Crippen LogP contribution is -2.29. The van der Waals surface area contributed by atoms with Crippen LogP contribution in [-0.4, -0.2) is 21.6 Å². The van der Waals surface area contributed by atoms with Gasteiger partial charge in [-0.3, -0.25) is 4.98 Å². The molecule has 0 radical (unpaired) electrons. The second kappa shape index (κ2) is 5.92. The summed E-state index contributed by atoms with van der Waals surface area (Å²) in [5.41, 5.74) is 2.42. The molecule has 3 atom stereocenters. The molecule has 4 heteroatoms. The maximum Gasteiger partial charge on any atom is 0.0892 e. The van der Waals surface area contributed by atoms with Gasteiger partial charge in [0.2, 0.25) is 0 Å². The third kappa shape index (κ3) is 2.44. The molecule has 1 aliphatic rings. The number of aromatic nitrogens is 3. The minimum Gasteiger partial charge on any atom is -0.313 e. The lowest BCUT2D eigenvalue weighted by atomic mass is 9.75. The van der Waals surface area contributed by atoms with Crippen molar-refractivity contribution in [3.05, 3.63) is 30.4 Å². The molecule has 0 amide bonds. The Hall–Kier alpha value is -1.42. The van der Waals surface area contributed by atoms with Crippen LogP contribution in [0, 0.1) is 11.8 Å². The minimum absolute atomic E-state index is 0.394. The Balaban J connectivity index is 1.89. The van der Waals surface area contributed by atoms with E-state index in [-0.39, 0.29) is 0 Å². The van der Waals surface area contributed by atoms with Crippen LogP contribution in [0.4, 0.5) is 0 Å². The first kappa shape index (κ1) is 13.6. The van der Waals surface area contributed by atoms with Gasteiger partial charge in [-0.15, -0.1) is 0 Å². The Morgan fingerprint density at radius 1 is 1.40 bits per heavy atom. The zero-order valence-electron chi connectivity index (χ0n) is 12.4. The van der Waals surface area contributed by atoms with Gasteiger partial charge >= 0.3 is 0 Å². The monoisotopic (exact) mass is 272 g/mol. The van der Waals surface area contributed by atoms with Gasteiger partial charge in [0.1, 0.15) is 0 Å². The lowest BCUT2D eigenvalue weighted by Gasteiger charge is -2.34. The molecule has 3 unspecified atom stereocenters. The third-order valence-electron chi connectivity index (χ3n) is 4.87. The molecule has 2 aromatic rings. The molecule has 4 nitrogen and oxygen atoms in total. The topological polar surface area (TPSA) is 42.2 Å². The van der Waals surface area contributed by atoms with Crippen LogP contribution < -0.4 is 5.32 Å². The van der Waals surface area contributed by atoms with Crippen LogP contribution in [0.5, 0.6) is 0 Å². The highest BCUT2D eigenvalue weighted by Crippen LogP contribution is 2.39. The first-order chi connectivity index (χ1) is 9.83. The van der Waals surface area contributed by atoms with E-state index < -0.39 is 0 Å². The average Bonchev–Trinajstić information content (AvgIpc) is 2.93. The van der Waals surface area contributed by atoms with Crippen molar-refractivity contribution in [1.29, 1.82) is 0 Å². The summed E-state index contributed by atoms with van der Waals surface area (Å²) in [7, 11) is 2.07. The quantitative estimate of drug-likeness (QED) is 0.929. The van der Waals surface area contributed by atoms with Gasteiger partial charge in [0.05, 0.1) is 17.9 Å². The van der Waals surface area contributed by atoms with Gasteiger partial charge in [-0.2, -0.15) is 5.10 Å². The van der Waals surface area contributed by atoms with E-state index in [0.29, 0.717) is 12.0 Å². The number of fused-ring (bicyclic) bond motifs is 1. The molecular weight excluding hydrogens is 248 g/mol. The smallest absolute Gasteiger partial charge is 0.0892 e. The predicted octanol–water partition coefficient (Wildman–Crippen LogP) is 3.21. The van der Waals surface area contributed by atoms with Crippen molar-refractivity contribution in [3.8, 4) is 0 Å². The molecule has 1 fully saturated rings. The summed E-state index contributed by atoms with van der Waals surface area (Å²) in [5, 5.41) is 7.99. The van der Waals surface area contributed by atoms with Crippen LogP contribution in [0.2, 0.25) is 0 Å². The molecule has 20 heavy (non-hydrogen) atoms. The standard InChI is InChI=1S/C16H24N4/c1-3-12-5-4-6-13(9-12)16(17-2)14-10-19-20-8-7-18-11-15(14)20/h7-8,10-13,16-17H,3-6,9H2,1-2H3. The number of hydrogen-bond donors (Lipinski definition) is 1. The van der Waals surface area contributed by atoms with Gasteiger partial charge in [-0.05, 0) is 31.7 Å². The zero-order valence-corrected chi connectivity index (χ0v) is 12.4. The molecule has 1 saturated carbocycles. The van der Waals surface area contributed by atoms with Crippen molar-refractivity contribution in [2.75, 3.05) is 7.05 Å². The number of nitrogens with one attached hydrogen (secondary N) is 1. The van der Waals surface area contributed by atoms with Crippen molar-refractivity contribution in [3.63, 3.8) is 0 Å². The number of rotatable bonds is 4. The van der Waals surface area contributed by atoms with E-state index in [4.69, 9.17) is 0 Å². The van der Waals surface area contributed by atoms with E-state index in [1.54, 1.807) is 6.20 Å². The maximum atomic E-state index is 4.46. The van der Waals surface area contributed by atoms with E-state index in [0.717, 1.165) is 11.4 Å². The van der Waals surface area contributed by atoms with Crippen LogP contribution in [0.3, 0.4) is 0 Å². The van der Waals surface area contributed by atoms with Gasteiger partial charge in [0, 0.05) is 24.0 Å². The normalized spacial score (nSPS) is 24.9. The molecule has 108 valence electrons. The zero-order chi connectivity index (χ0) is 13.9. The molecule has 0 bridgehead atoms. The van der Waals surface area contributed by atoms with Crippen LogP contribution in [0.25, 0.3) is 5.52 Å². The molecule has 2 aromatic heterocycles. The highest BCUT2D eigenvalue weighted by atomic mass is 15.2. The van der Waals surface area contributed by atoms with Crippen molar-refractivity contribution < 1.29 is 0 Å². The van der Waals surface area contributed by atoms with E-state index in [9.17, 15) is 0 Å². The van der Waals surface area contributed by atoms with E-state index in [2.05, 4.69) is 29.4 Å². The Labute approximate surface area is 120 Å². The van der Waals surface area contributed by atoms with Crippen LogP contribution >= 0.6 is 0 Å². The van der Waals surface area contributed by atoms with Crippen LogP contribution in [0.15, 0.2) is 24.8 Å². The highest BCUT2D eigenvalue weighted by Gasteiger charge is 2.29. The summed E-state index contributed by atoms with van der Waals surface area (Å²) < 4.78 is 1.92. The van der Waals surface area contributed by atoms with Gasteiger partial charge in [0.25, 0.3) is 0 Å². The first-order valence-corrected chi connectivity index (χ1v) is 7.78. The van der Waals surface area contributed by atoms with Crippen LogP contribution in [-0.2, 0) is 0 Å². The second-order valence-corrected chi connectivity index (χ2v) is 5.97. The van der Waals surface area contributed by atoms with Crippen molar-refractivity contribution >= 4 is 5.52 Å². The van der Waals surface area contributed by atoms with Crippen molar-refractivity contribution in [2.45, 2.75) is 45.1 Å². The summed E-state index contributed by atoms with van der Waals surface area (Å²) in [4.78, 5) is 4.25. The summed E-state index contributed by atoms with van der Waals surface area (Å²) in [6.45, 7) is 2.32. The van der Waals surface area contributed by atoms with E-state index in [1.807, 2.05) is 23.1 Å². The third-order valence-corrected chi connectivity index (χ3v) is 4.87.